The van der Waals surface area contributed by atoms with Crippen LogP contribution in [0.15, 0.2) is 24.3 Å². The Hall–Kier alpha value is -1.99. The van der Waals surface area contributed by atoms with Crippen LogP contribution in [0.1, 0.15) is 5.56 Å². The minimum atomic E-state index is -0.918. The average molecular weight is 280 g/mol. The van der Waals surface area contributed by atoms with Crippen molar-refractivity contribution >= 4 is 11.7 Å². The summed E-state index contributed by atoms with van der Waals surface area (Å²) >= 11 is 0. The first-order chi connectivity index (χ1) is 9.58. The number of rotatable bonds is 5. The summed E-state index contributed by atoms with van der Waals surface area (Å²) in [6.07, 6.45) is 0.247. The normalized spacial score (nSPS) is 17.6. The molecule has 0 radical (unpaired) electrons. The molecule has 1 aromatic carbocycles. The topological polar surface area (TPSA) is 92.9 Å². The molecule has 0 saturated carbocycles. The molecule has 0 amide bonds. The number of carboxylic acids is 1. The number of nitro benzene ring substituents is 1. The lowest BCUT2D eigenvalue weighted by Crippen LogP contribution is -2.48. The lowest BCUT2D eigenvalue weighted by atomic mass is 10.0. The van der Waals surface area contributed by atoms with Crippen LogP contribution < -0.4 is 0 Å². The van der Waals surface area contributed by atoms with Crippen molar-refractivity contribution in [3.63, 3.8) is 0 Å². The third-order valence-corrected chi connectivity index (χ3v) is 3.32. The van der Waals surface area contributed by atoms with Crippen molar-refractivity contribution < 1.29 is 19.6 Å². The predicted octanol–water partition coefficient (Wildman–Crippen LogP) is 0.923. The van der Waals surface area contributed by atoms with E-state index in [1.54, 1.807) is 12.1 Å². The zero-order valence-electron chi connectivity index (χ0n) is 10.9. The molecule has 1 aromatic rings. The first-order valence-corrected chi connectivity index (χ1v) is 6.36. The van der Waals surface area contributed by atoms with Gasteiger partial charge < -0.3 is 9.84 Å². The van der Waals surface area contributed by atoms with Crippen molar-refractivity contribution in [2.24, 2.45) is 0 Å². The van der Waals surface area contributed by atoms with Crippen LogP contribution >= 0.6 is 0 Å². The Labute approximate surface area is 115 Å². The summed E-state index contributed by atoms with van der Waals surface area (Å²) in [6, 6.07) is 5.43. The zero-order valence-corrected chi connectivity index (χ0v) is 10.9. The van der Waals surface area contributed by atoms with Crippen molar-refractivity contribution in [1.29, 1.82) is 0 Å². The number of carboxylic acid groups (broad SMARTS) is 1. The summed E-state index contributed by atoms with van der Waals surface area (Å²) < 4.78 is 5.21. The van der Waals surface area contributed by atoms with E-state index in [0.717, 1.165) is 0 Å². The van der Waals surface area contributed by atoms with Crippen LogP contribution in [0.25, 0.3) is 0 Å². The number of nitro groups is 1. The molecule has 1 fully saturated rings. The fraction of sp³-hybridized carbons (Fsp3) is 0.462. The molecule has 108 valence electrons. The minimum absolute atomic E-state index is 0.0198. The predicted molar refractivity (Wildman–Crippen MR) is 70.6 cm³/mol. The molecule has 1 N–H and O–H groups in total. The number of non-ortho nitro benzene ring substituents is 1. The zero-order chi connectivity index (χ0) is 14.5. The van der Waals surface area contributed by atoms with E-state index in [-0.39, 0.29) is 12.1 Å². The Balaban J connectivity index is 2.13. The minimum Gasteiger partial charge on any atom is -0.480 e. The number of nitrogens with zero attached hydrogens (tertiary/aromatic N) is 2. The van der Waals surface area contributed by atoms with E-state index in [9.17, 15) is 20.0 Å². The van der Waals surface area contributed by atoms with Gasteiger partial charge in [0, 0.05) is 25.2 Å². The molecule has 7 nitrogen and oxygen atoms in total. The van der Waals surface area contributed by atoms with Gasteiger partial charge in [0.25, 0.3) is 5.69 Å². The number of hydrogen-bond acceptors (Lipinski definition) is 5. The van der Waals surface area contributed by atoms with E-state index in [1.807, 2.05) is 4.90 Å². The largest absolute Gasteiger partial charge is 0.480 e. The van der Waals surface area contributed by atoms with E-state index in [1.165, 1.54) is 12.1 Å². The Morgan fingerprint density at radius 3 is 2.75 bits per heavy atom. The van der Waals surface area contributed by atoms with Crippen molar-refractivity contribution in [3.8, 4) is 0 Å². The van der Waals surface area contributed by atoms with Gasteiger partial charge in [0.1, 0.15) is 6.04 Å². The van der Waals surface area contributed by atoms with Gasteiger partial charge in [-0.2, -0.15) is 0 Å². The van der Waals surface area contributed by atoms with Gasteiger partial charge in [0.05, 0.1) is 18.1 Å². The van der Waals surface area contributed by atoms with Crippen LogP contribution in [0.2, 0.25) is 0 Å². The van der Waals surface area contributed by atoms with Gasteiger partial charge in [0.15, 0.2) is 0 Å². The van der Waals surface area contributed by atoms with Gasteiger partial charge in [-0.25, -0.2) is 0 Å². The van der Waals surface area contributed by atoms with E-state index in [4.69, 9.17) is 4.74 Å². The second kappa shape index (κ2) is 6.44. The van der Waals surface area contributed by atoms with Crippen LogP contribution in [0.4, 0.5) is 5.69 Å². The lowest BCUT2D eigenvalue weighted by molar-refractivity contribution is -0.384. The Morgan fingerprint density at radius 2 is 2.15 bits per heavy atom. The fourth-order valence-corrected chi connectivity index (χ4v) is 2.28. The van der Waals surface area contributed by atoms with Gasteiger partial charge in [-0.05, 0) is 12.0 Å². The van der Waals surface area contributed by atoms with E-state index < -0.39 is 16.9 Å². The molecule has 0 spiro atoms. The molecular weight excluding hydrogens is 264 g/mol. The van der Waals surface area contributed by atoms with Gasteiger partial charge in [-0.15, -0.1) is 0 Å². The summed E-state index contributed by atoms with van der Waals surface area (Å²) in [6.45, 7) is 2.15. The van der Waals surface area contributed by atoms with Gasteiger partial charge >= 0.3 is 5.97 Å². The highest BCUT2D eigenvalue weighted by atomic mass is 16.6. The summed E-state index contributed by atoms with van der Waals surface area (Å²) in [5, 5.41) is 20.1. The molecule has 0 aromatic heterocycles. The molecular formula is C13H16N2O5. The highest BCUT2D eigenvalue weighted by Gasteiger charge is 2.27. The molecule has 0 aliphatic carbocycles. The Kier molecular flexibility index (Phi) is 4.65. The van der Waals surface area contributed by atoms with E-state index in [2.05, 4.69) is 0 Å². The van der Waals surface area contributed by atoms with Crippen molar-refractivity contribution in [3.05, 3.63) is 39.9 Å². The van der Waals surface area contributed by atoms with Crippen LogP contribution in [-0.2, 0) is 16.0 Å². The van der Waals surface area contributed by atoms with Crippen molar-refractivity contribution in [1.82, 2.24) is 4.90 Å². The summed E-state index contributed by atoms with van der Waals surface area (Å²) in [5.41, 5.74) is 0.631. The fourth-order valence-electron chi connectivity index (χ4n) is 2.28. The standard InChI is InChI=1S/C13H16N2O5/c16-13(17)12(14-4-6-20-7-5-14)9-10-2-1-3-11(8-10)15(18)19/h1-3,8,12H,4-7,9H2,(H,16,17). The summed E-state index contributed by atoms with van der Waals surface area (Å²) in [5.74, 6) is -0.918. The number of ether oxygens (including phenoxy) is 1. The number of benzene rings is 1. The summed E-state index contributed by atoms with van der Waals surface area (Å²) in [7, 11) is 0. The lowest BCUT2D eigenvalue weighted by Gasteiger charge is -2.31. The van der Waals surface area contributed by atoms with Gasteiger partial charge in [0.2, 0.25) is 0 Å². The second-order valence-electron chi connectivity index (χ2n) is 4.63. The molecule has 1 saturated heterocycles. The summed E-state index contributed by atoms with van der Waals surface area (Å²) in [4.78, 5) is 23.5. The third-order valence-electron chi connectivity index (χ3n) is 3.32. The van der Waals surface area contributed by atoms with Crippen molar-refractivity contribution in [2.75, 3.05) is 26.3 Å². The number of carbonyl (C=O) groups is 1. The molecule has 2 rings (SSSR count). The number of morpholine rings is 1. The number of hydrogen-bond donors (Lipinski definition) is 1. The molecule has 1 aliphatic heterocycles. The van der Waals surface area contributed by atoms with Crippen LogP contribution in [0.3, 0.4) is 0 Å². The van der Waals surface area contributed by atoms with Gasteiger partial charge in [-0.1, -0.05) is 12.1 Å². The molecule has 1 aliphatic rings. The smallest absolute Gasteiger partial charge is 0.321 e. The second-order valence-corrected chi connectivity index (χ2v) is 4.63. The highest BCUT2D eigenvalue weighted by Crippen LogP contribution is 2.17. The molecule has 0 bridgehead atoms. The van der Waals surface area contributed by atoms with Crippen LogP contribution in [0.5, 0.6) is 0 Å². The SMILES string of the molecule is O=C(O)C(Cc1cccc([N+](=O)[O-])c1)N1CCOCC1. The molecule has 1 heterocycles. The van der Waals surface area contributed by atoms with Gasteiger partial charge in [-0.3, -0.25) is 19.8 Å². The van der Waals surface area contributed by atoms with Crippen LogP contribution in [-0.4, -0.2) is 53.2 Å². The first kappa shape index (κ1) is 14.4. The average Bonchev–Trinajstić information content (AvgIpc) is 2.45. The number of aliphatic carboxylic acids is 1. The van der Waals surface area contributed by atoms with Crippen LogP contribution in [0, 0.1) is 10.1 Å². The maximum atomic E-state index is 11.4. The molecule has 7 heteroatoms. The monoisotopic (exact) mass is 280 g/mol. The third kappa shape index (κ3) is 3.52. The molecule has 1 atom stereocenters. The highest BCUT2D eigenvalue weighted by molar-refractivity contribution is 5.74. The molecule has 1 unspecified atom stereocenters. The first-order valence-electron chi connectivity index (χ1n) is 6.36. The maximum Gasteiger partial charge on any atom is 0.321 e. The van der Waals surface area contributed by atoms with E-state index in [0.29, 0.717) is 31.9 Å². The maximum absolute atomic E-state index is 11.4. The quantitative estimate of drug-likeness (QED) is 0.637. The Bertz CT molecular complexity index is 499. The van der Waals surface area contributed by atoms with Crippen molar-refractivity contribution in [2.45, 2.75) is 12.5 Å². The van der Waals surface area contributed by atoms with E-state index >= 15 is 0 Å². The Morgan fingerprint density at radius 1 is 1.45 bits per heavy atom. The molecule has 20 heavy (non-hydrogen) atoms.